The number of nitrogens with zero attached hydrogens (tertiary/aromatic N) is 4. The number of unbranched alkanes of at least 4 members (excludes halogenated alkanes) is 1. The molecule has 0 saturated carbocycles. The van der Waals surface area contributed by atoms with Crippen LogP contribution in [0.3, 0.4) is 0 Å². The Labute approximate surface area is 144 Å². The average molecular weight is 330 g/mol. The van der Waals surface area contributed by atoms with E-state index in [-0.39, 0.29) is 0 Å². The second kappa shape index (κ2) is 9.90. The number of hydrogen-bond donors (Lipinski definition) is 2. The molecular weight excluding hydrogens is 300 g/mol. The van der Waals surface area contributed by atoms with Crippen LogP contribution in [-0.2, 0) is 6.42 Å². The lowest BCUT2D eigenvalue weighted by atomic mass is 9.99. The van der Waals surface area contributed by atoms with Gasteiger partial charge >= 0.3 is 0 Å². The van der Waals surface area contributed by atoms with Crippen molar-refractivity contribution >= 4 is 11.6 Å². The smallest absolute Gasteiger partial charge is 0.190 e. The number of rotatable bonds is 9. The number of pyridine rings is 1. The Morgan fingerprint density at radius 3 is 2.88 bits per heavy atom. The van der Waals surface area contributed by atoms with Gasteiger partial charge in [0.15, 0.2) is 11.6 Å². The van der Waals surface area contributed by atoms with Crippen LogP contribution in [0.1, 0.15) is 45.4 Å². The van der Waals surface area contributed by atoms with Gasteiger partial charge in [-0.05, 0) is 24.5 Å². The lowest BCUT2D eigenvalue weighted by Gasteiger charge is -2.17. The topological polar surface area (TPSA) is 66.6 Å². The van der Waals surface area contributed by atoms with E-state index in [1.165, 1.54) is 25.7 Å². The van der Waals surface area contributed by atoms with Crippen molar-refractivity contribution in [2.45, 2.75) is 46.0 Å². The van der Waals surface area contributed by atoms with Crippen molar-refractivity contribution in [2.24, 2.45) is 10.9 Å². The first kappa shape index (κ1) is 18.2. The summed E-state index contributed by atoms with van der Waals surface area (Å²) >= 11 is 0. The van der Waals surface area contributed by atoms with E-state index in [1.807, 2.05) is 35.8 Å². The third kappa shape index (κ3) is 5.22. The first-order chi connectivity index (χ1) is 11.8. The van der Waals surface area contributed by atoms with Crippen LogP contribution in [0.15, 0.2) is 29.4 Å². The Hall–Kier alpha value is -2.11. The monoisotopic (exact) mass is 330 g/mol. The molecule has 0 saturated heterocycles. The molecule has 1 atom stereocenters. The number of aliphatic imine (C=N–C) groups is 1. The van der Waals surface area contributed by atoms with E-state index in [2.05, 4.69) is 39.7 Å². The molecule has 0 amide bonds. The van der Waals surface area contributed by atoms with Crippen LogP contribution in [0.5, 0.6) is 0 Å². The second-order valence-electron chi connectivity index (χ2n) is 6.09. The molecule has 2 N–H and O–H groups in total. The summed E-state index contributed by atoms with van der Waals surface area (Å²) in [7, 11) is 1.81. The molecule has 24 heavy (non-hydrogen) atoms. The highest BCUT2D eigenvalue weighted by molar-refractivity contribution is 5.79. The molecule has 0 bridgehead atoms. The SMILES string of the molecule is CCCCC(CC)CNC(=NC)NCCc1nnc2ccccn12. The highest BCUT2D eigenvalue weighted by atomic mass is 15.2. The summed E-state index contributed by atoms with van der Waals surface area (Å²) in [5, 5.41) is 15.2. The molecule has 6 heteroatoms. The van der Waals surface area contributed by atoms with Crippen molar-refractivity contribution in [1.82, 2.24) is 25.2 Å². The molecule has 1 unspecified atom stereocenters. The van der Waals surface area contributed by atoms with Crippen molar-refractivity contribution in [1.29, 1.82) is 0 Å². The Morgan fingerprint density at radius 2 is 2.12 bits per heavy atom. The maximum Gasteiger partial charge on any atom is 0.190 e. The largest absolute Gasteiger partial charge is 0.356 e. The lowest BCUT2D eigenvalue weighted by Crippen LogP contribution is -2.40. The molecule has 0 aromatic carbocycles. The van der Waals surface area contributed by atoms with Gasteiger partial charge in [-0.1, -0.05) is 39.2 Å². The second-order valence-corrected chi connectivity index (χ2v) is 6.09. The summed E-state index contributed by atoms with van der Waals surface area (Å²) < 4.78 is 2.02. The van der Waals surface area contributed by atoms with E-state index in [9.17, 15) is 0 Å². The van der Waals surface area contributed by atoms with E-state index >= 15 is 0 Å². The van der Waals surface area contributed by atoms with Gasteiger partial charge in [-0.2, -0.15) is 0 Å². The fourth-order valence-electron chi connectivity index (χ4n) is 2.76. The highest BCUT2D eigenvalue weighted by Crippen LogP contribution is 2.11. The number of guanidine groups is 1. The zero-order valence-electron chi connectivity index (χ0n) is 15.1. The Bertz CT molecular complexity index is 633. The third-order valence-corrected chi connectivity index (χ3v) is 4.35. The normalized spacial score (nSPS) is 13.2. The molecule has 2 aromatic heterocycles. The van der Waals surface area contributed by atoms with Crippen molar-refractivity contribution in [3.05, 3.63) is 30.2 Å². The van der Waals surface area contributed by atoms with E-state index < -0.39 is 0 Å². The van der Waals surface area contributed by atoms with E-state index in [0.29, 0.717) is 5.92 Å². The van der Waals surface area contributed by atoms with Gasteiger partial charge in [0.05, 0.1) is 0 Å². The maximum absolute atomic E-state index is 4.31. The van der Waals surface area contributed by atoms with Crippen LogP contribution in [0.4, 0.5) is 0 Å². The molecule has 2 aromatic rings. The first-order valence-corrected chi connectivity index (χ1v) is 9.01. The van der Waals surface area contributed by atoms with E-state index in [1.54, 1.807) is 0 Å². The fourth-order valence-corrected chi connectivity index (χ4v) is 2.76. The number of hydrogen-bond acceptors (Lipinski definition) is 3. The van der Waals surface area contributed by atoms with Crippen molar-refractivity contribution in [3.63, 3.8) is 0 Å². The molecule has 132 valence electrons. The van der Waals surface area contributed by atoms with Crippen molar-refractivity contribution in [3.8, 4) is 0 Å². The van der Waals surface area contributed by atoms with Gasteiger partial charge in [0.1, 0.15) is 5.82 Å². The summed E-state index contributed by atoms with van der Waals surface area (Å²) in [5.74, 6) is 2.53. The Morgan fingerprint density at radius 1 is 1.25 bits per heavy atom. The number of aromatic nitrogens is 3. The molecule has 0 aliphatic heterocycles. The average Bonchev–Trinajstić information content (AvgIpc) is 3.03. The molecular formula is C18H30N6. The summed E-state index contributed by atoms with van der Waals surface area (Å²) in [4.78, 5) is 4.31. The Balaban J connectivity index is 1.77. The molecule has 0 fully saturated rings. The molecule has 2 rings (SSSR count). The lowest BCUT2D eigenvalue weighted by molar-refractivity contribution is 0.443. The van der Waals surface area contributed by atoms with Crippen LogP contribution < -0.4 is 10.6 Å². The minimum atomic E-state index is 0.712. The summed E-state index contributed by atoms with van der Waals surface area (Å²) in [6.45, 7) is 6.26. The molecule has 0 aliphatic rings. The fraction of sp³-hybridized carbons (Fsp3) is 0.611. The van der Waals surface area contributed by atoms with Gasteiger partial charge in [-0.3, -0.25) is 9.39 Å². The summed E-state index contributed by atoms with van der Waals surface area (Å²) in [6, 6.07) is 5.93. The van der Waals surface area contributed by atoms with E-state index in [0.717, 1.165) is 36.9 Å². The van der Waals surface area contributed by atoms with Gasteiger partial charge in [0, 0.05) is 32.8 Å². The van der Waals surface area contributed by atoms with Gasteiger partial charge in [0.2, 0.25) is 0 Å². The number of nitrogens with one attached hydrogen (secondary N) is 2. The van der Waals surface area contributed by atoms with Crippen LogP contribution in [0.2, 0.25) is 0 Å². The molecule has 0 spiro atoms. The molecule has 6 nitrogen and oxygen atoms in total. The molecule has 0 radical (unpaired) electrons. The third-order valence-electron chi connectivity index (χ3n) is 4.35. The Kier molecular flexibility index (Phi) is 7.52. The molecule has 0 aliphatic carbocycles. The van der Waals surface area contributed by atoms with E-state index in [4.69, 9.17) is 0 Å². The zero-order valence-corrected chi connectivity index (χ0v) is 15.1. The predicted molar refractivity (Wildman–Crippen MR) is 99.4 cm³/mol. The van der Waals surface area contributed by atoms with Crippen LogP contribution in [-0.4, -0.2) is 40.7 Å². The van der Waals surface area contributed by atoms with Crippen LogP contribution in [0.25, 0.3) is 5.65 Å². The first-order valence-electron chi connectivity index (χ1n) is 9.01. The van der Waals surface area contributed by atoms with Gasteiger partial charge in [-0.25, -0.2) is 0 Å². The zero-order chi connectivity index (χ0) is 17.2. The minimum absolute atomic E-state index is 0.712. The standard InChI is InChI=1S/C18H30N6/c1-4-6-9-15(5-2)14-21-18(19-3)20-12-11-17-23-22-16-10-7-8-13-24(16)17/h7-8,10,13,15H,4-6,9,11-12,14H2,1-3H3,(H2,19,20,21). The van der Waals surface area contributed by atoms with Gasteiger partial charge in [-0.15, -0.1) is 10.2 Å². The van der Waals surface area contributed by atoms with Gasteiger partial charge < -0.3 is 10.6 Å². The summed E-state index contributed by atoms with van der Waals surface area (Å²) in [5.41, 5.74) is 0.886. The van der Waals surface area contributed by atoms with Crippen LogP contribution in [0, 0.1) is 5.92 Å². The van der Waals surface area contributed by atoms with Crippen molar-refractivity contribution in [2.75, 3.05) is 20.1 Å². The highest BCUT2D eigenvalue weighted by Gasteiger charge is 2.08. The predicted octanol–water partition coefficient (Wildman–Crippen LogP) is 2.65. The van der Waals surface area contributed by atoms with Crippen molar-refractivity contribution < 1.29 is 0 Å². The maximum atomic E-state index is 4.31. The van der Waals surface area contributed by atoms with Gasteiger partial charge in [0.25, 0.3) is 0 Å². The molecule has 2 heterocycles. The summed E-state index contributed by atoms with van der Waals surface area (Å²) in [6.07, 6.45) is 7.84. The quantitative estimate of drug-likeness (QED) is 0.548. The van der Waals surface area contributed by atoms with Crippen LogP contribution >= 0.6 is 0 Å². The minimum Gasteiger partial charge on any atom is -0.356 e. The number of fused-ring (bicyclic) bond motifs is 1.